The Morgan fingerprint density at radius 3 is 2.27 bits per heavy atom. The summed E-state index contributed by atoms with van der Waals surface area (Å²) in [5.74, 6) is 1.69. The number of aryl methyl sites for hydroxylation is 2. The van der Waals surface area contributed by atoms with E-state index in [9.17, 15) is 5.11 Å². The van der Waals surface area contributed by atoms with E-state index in [0.29, 0.717) is 6.54 Å². The quantitative estimate of drug-likeness (QED) is 0.566. The maximum absolute atomic E-state index is 11.2. The van der Waals surface area contributed by atoms with Gasteiger partial charge in [-0.05, 0) is 100 Å². The average Bonchev–Trinajstić information content (AvgIpc) is 3.31. The van der Waals surface area contributed by atoms with Crippen LogP contribution in [0.4, 0.5) is 0 Å². The zero-order valence-corrected chi connectivity index (χ0v) is 20.7. The third kappa shape index (κ3) is 6.86. The molecule has 1 atom stereocenters. The lowest BCUT2D eigenvalue weighted by molar-refractivity contribution is -0.0621. The second-order valence-electron chi connectivity index (χ2n) is 9.74. The molecule has 2 saturated heterocycles. The molecule has 0 aliphatic carbocycles. The minimum atomic E-state index is -0.849. The van der Waals surface area contributed by atoms with Gasteiger partial charge < -0.3 is 14.6 Å². The number of likely N-dealkylation sites (tertiary alicyclic amines) is 2. The number of hydrogen-bond acceptors (Lipinski definition) is 5. The van der Waals surface area contributed by atoms with Gasteiger partial charge in [-0.15, -0.1) is 0 Å². The molecule has 4 rings (SSSR count). The summed E-state index contributed by atoms with van der Waals surface area (Å²) in [6, 6.07) is 12.3. The van der Waals surface area contributed by atoms with E-state index in [2.05, 4.69) is 34.1 Å². The summed E-state index contributed by atoms with van der Waals surface area (Å²) in [5, 5.41) is 12.0. The Morgan fingerprint density at radius 2 is 1.58 bits per heavy atom. The summed E-state index contributed by atoms with van der Waals surface area (Å²) < 4.78 is 11.9. The molecule has 0 bridgehead atoms. The lowest BCUT2D eigenvalue weighted by Gasteiger charge is -2.39. The van der Waals surface area contributed by atoms with Crippen LogP contribution in [-0.2, 0) is 6.54 Å². The van der Waals surface area contributed by atoms with Gasteiger partial charge in [0.1, 0.15) is 30.3 Å². The maximum atomic E-state index is 11.2. The molecule has 2 aliphatic rings. The Bertz CT molecular complexity index is 891. The molecule has 2 heterocycles. The molecule has 2 aromatic carbocycles. The summed E-state index contributed by atoms with van der Waals surface area (Å²) >= 11 is 6.26. The monoisotopic (exact) mass is 472 g/mol. The van der Waals surface area contributed by atoms with Crippen LogP contribution in [0.1, 0.15) is 42.4 Å². The van der Waals surface area contributed by atoms with Crippen molar-refractivity contribution in [3.63, 3.8) is 0 Å². The molecule has 0 aromatic heterocycles. The van der Waals surface area contributed by atoms with Crippen LogP contribution in [0.5, 0.6) is 11.5 Å². The van der Waals surface area contributed by atoms with Crippen LogP contribution < -0.4 is 9.47 Å². The van der Waals surface area contributed by atoms with Crippen molar-refractivity contribution >= 4 is 11.6 Å². The Labute approximate surface area is 203 Å². The Hall–Kier alpha value is -1.79. The van der Waals surface area contributed by atoms with Gasteiger partial charge in [-0.3, -0.25) is 9.80 Å². The van der Waals surface area contributed by atoms with Crippen molar-refractivity contribution in [2.75, 3.05) is 45.9 Å². The van der Waals surface area contributed by atoms with E-state index in [1.807, 2.05) is 26.0 Å². The molecule has 1 N–H and O–H groups in total. The molecule has 180 valence electrons. The topological polar surface area (TPSA) is 45.2 Å². The Balaban J connectivity index is 1.25. The third-order valence-electron chi connectivity index (χ3n) is 6.76. The molecule has 2 aromatic rings. The normalized spacial score (nSPS) is 21.9. The van der Waals surface area contributed by atoms with Crippen molar-refractivity contribution in [3.8, 4) is 11.5 Å². The van der Waals surface area contributed by atoms with E-state index in [4.69, 9.17) is 21.1 Å². The standard InChI is InChI=1S/C27H37ClN2O3/c1-21-16-25(17-22(2)26(21)28)33-20-27(31)10-5-13-30(19-27)18-23-6-8-24(9-7-23)32-15-14-29-11-3-4-12-29/h6-9,16-17,31H,3-5,10-15,18-20H2,1-2H3/t27-/m1/s1. The molecule has 33 heavy (non-hydrogen) atoms. The highest BCUT2D eigenvalue weighted by Crippen LogP contribution is 2.28. The Morgan fingerprint density at radius 1 is 0.909 bits per heavy atom. The average molecular weight is 473 g/mol. The van der Waals surface area contributed by atoms with Crippen molar-refractivity contribution < 1.29 is 14.6 Å². The molecule has 0 radical (unpaired) electrons. The first-order chi connectivity index (χ1) is 15.9. The van der Waals surface area contributed by atoms with Gasteiger partial charge in [0.2, 0.25) is 0 Å². The molecule has 2 fully saturated rings. The van der Waals surface area contributed by atoms with Crippen molar-refractivity contribution in [2.24, 2.45) is 0 Å². The van der Waals surface area contributed by atoms with E-state index in [0.717, 1.165) is 66.7 Å². The highest BCUT2D eigenvalue weighted by molar-refractivity contribution is 6.32. The Kier molecular flexibility index (Phi) is 8.18. The summed E-state index contributed by atoms with van der Waals surface area (Å²) in [5.41, 5.74) is 2.37. The molecule has 5 nitrogen and oxygen atoms in total. The lowest BCUT2D eigenvalue weighted by atomic mass is 9.93. The number of aliphatic hydroxyl groups is 1. The van der Waals surface area contributed by atoms with Gasteiger partial charge in [0.05, 0.1) is 0 Å². The van der Waals surface area contributed by atoms with E-state index in [-0.39, 0.29) is 6.61 Å². The molecule has 0 unspecified atom stereocenters. The van der Waals surface area contributed by atoms with Gasteiger partial charge in [-0.2, -0.15) is 0 Å². The van der Waals surface area contributed by atoms with E-state index in [1.165, 1.54) is 31.5 Å². The van der Waals surface area contributed by atoms with Crippen molar-refractivity contribution in [1.29, 1.82) is 0 Å². The van der Waals surface area contributed by atoms with Crippen LogP contribution in [0.2, 0.25) is 5.02 Å². The summed E-state index contributed by atoms with van der Waals surface area (Å²) in [7, 11) is 0. The fourth-order valence-electron chi connectivity index (χ4n) is 4.91. The number of hydrogen-bond donors (Lipinski definition) is 1. The van der Waals surface area contributed by atoms with E-state index >= 15 is 0 Å². The largest absolute Gasteiger partial charge is 0.492 e. The fraction of sp³-hybridized carbons (Fsp3) is 0.556. The first kappa shape index (κ1) is 24.3. The zero-order chi connectivity index (χ0) is 23.3. The van der Waals surface area contributed by atoms with Gasteiger partial charge >= 0.3 is 0 Å². The fourth-order valence-corrected chi connectivity index (χ4v) is 5.02. The lowest BCUT2D eigenvalue weighted by Crippen LogP contribution is -2.51. The first-order valence-electron chi connectivity index (χ1n) is 12.2. The van der Waals surface area contributed by atoms with Gasteiger partial charge in [-0.1, -0.05) is 23.7 Å². The molecule has 0 amide bonds. The maximum Gasteiger partial charge on any atom is 0.120 e. The smallest absolute Gasteiger partial charge is 0.120 e. The van der Waals surface area contributed by atoms with Crippen LogP contribution in [0, 0.1) is 13.8 Å². The van der Waals surface area contributed by atoms with Crippen LogP contribution >= 0.6 is 11.6 Å². The highest BCUT2D eigenvalue weighted by atomic mass is 35.5. The number of piperidine rings is 1. The SMILES string of the molecule is Cc1cc(OC[C@@]2(O)CCCN(Cc3ccc(OCCN4CCCC4)cc3)C2)cc(C)c1Cl. The molecular formula is C27H37ClN2O3. The number of halogens is 1. The first-order valence-corrected chi connectivity index (χ1v) is 12.6. The second-order valence-corrected chi connectivity index (χ2v) is 10.1. The van der Waals surface area contributed by atoms with Crippen LogP contribution in [0.25, 0.3) is 0 Å². The summed E-state index contributed by atoms with van der Waals surface area (Å²) in [4.78, 5) is 4.78. The molecule has 2 aliphatic heterocycles. The molecular weight excluding hydrogens is 436 g/mol. The zero-order valence-electron chi connectivity index (χ0n) is 20.0. The highest BCUT2D eigenvalue weighted by Gasteiger charge is 2.34. The summed E-state index contributed by atoms with van der Waals surface area (Å²) in [6.45, 7) is 10.8. The van der Waals surface area contributed by atoms with Crippen LogP contribution in [0.15, 0.2) is 36.4 Å². The van der Waals surface area contributed by atoms with Gasteiger partial charge in [0.15, 0.2) is 0 Å². The number of rotatable bonds is 9. The van der Waals surface area contributed by atoms with Crippen molar-refractivity contribution in [2.45, 2.75) is 51.7 Å². The second kappa shape index (κ2) is 11.1. The number of nitrogens with zero attached hydrogens (tertiary/aromatic N) is 2. The van der Waals surface area contributed by atoms with Crippen LogP contribution in [0.3, 0.4) is 0 Å². The van der Waals surface area contributed by atoms with Crippen molar-refractivity contribution in [3.05, 3.63) is 58.1 Å². The van der Waals surface area contributed by atoms with Gasteiger partial charge in [-0.25, -0.2) is 0 Å². The number of ether oxygens (including phenoxy) is 2. The third-order valence-corrected chi connectivity index (χ3v) is 7.35. The van der Waals surface area contributed by atoms with E-state index in [1.54, 1.807) is 0 Å². The minimum Gasteiger partial charge on any atom is -0.492 e. The number of β-amino-alcohol motifs (C(OH)–C–C–N with tert-alkyl or cyclic N) is 1. The van der Waals surface area contributed by atoms with Crippen LogP contribution in [-0.4, -0.2) is 66.4 Å². The van der Waals surface area contributed by atoms with Gasteiger partial charge in [0.25, 0.3) is 0 Å². The minimum absolute atomic E-state index is 0.286. The summed E-state index contributed by atoms with van der Waals surface area (Å²) in [6.07, 6.45) is 4.33. The molecule has 6 heteroatoms. The van der Waals surface area contributed by atoms with Gasteiger partial charge in [0, 0.05) is 24.7 Å². The predicted molar refractivity (Wildman–Crippen MR) is 133 cm³/mol. The predicted octanol–water partition coefficient (Wildman–Crippen LogP) is 4.84. The number of benzene rings is 2. The molecule has 0 saturated carbocycles. The molecule has 0 spiro atoms. The van der Waals surface area contributed by atoms with E-state index < -0.39 is 5.60 Å². The van der Waals surface area contributed by atoms with Crippen molar-refractivity contribution in [1.82, 2.24) is 9.80 Å².